The minimum absolute atomic E-state index is 0.0562. The van der Waals surface area contributed by atoms with Crippen molar-refractivity contribution in [1.29, 1.82) is 0 Å². The molecule has 4 nitrogen and oxygen atoms in total. The lowest BCUT2D eigenvalue weighted by molar-refractivity contribution is -0.00196. The molecule has 0 radical (unpaired) electrons. The largest absolute Gasteiger partial charge is 0.390 e. The predicted octanol–water partition coefficient (Wildman–Crippen LogP) is 2.15. The Labute approximate surface area is 112 Å². The molecule has 19 heavy (non-hydrogen) atoms. The lowest BCUT2D eigenvalue weighted by atomic mass is 9.93. The van der Waals surface area contributed by atoms with Crippen LogP contribution in [0.15, 0.2) is 30.5 Å². The summed E-state index contributed by atoms with van der Waals surface area (Å²) in [7, 11) is 0. The third-order valence-corrected chi connectivity index (χ3v) is 3.95. The molecule has 2 heterocycles. The van der Waals surface area contributed by atoms with E-state index in [1.54, 1.807) is 0 Å². The summed E-state index contributed by atoms with van der Waals surface area (Å²) in [6.45, 7) is 3.07. The van der Waals surface area contributed by atoms with Gasteiger partial charge in [-0.1, -0.05) is 6.07 Å². The number of hydrogen-bond donors (Lipinski definition) is 2. The van der Waals surface area contributed by atoms with Gasteiger partial charge in [0.25, 0.3) is 5.91 Å². The zero-order chi connectivity index (χ0) is 13.5. The quantitative estimate of drug-likeness (QED) is 0.823. The molecule has 2 N–H and O–H groups in total. The van der Waals surface area contributed by atoms with E-state index < -0.39 is 5.60 Å². The van der Waals surface area contributed by atoms with E-state index in [1.165, 1.54) is 0 Å². The summed E-state index contributed by atoms with van der Waals surface area (Å²) < 4.78 is 0. The highest BCUT2D eigenvalue weighted by Crippen LogP contribution is 2.24. The first-order valence-corrected chi connectivity index (χ1v) is 6.65. The molecule has 100 valence electrons. The molecule has 4 heteroatoms. The molecular formula is C15H18N2O2. The predicted molar refractivity (Wildman–Crippen MR) is 74.1 cm³/mol. The van der Waals surface area contributed by atoms with Crippen LogP contribution < -0.4 is 0 Å². The molecule has 1 fully saturated rings. The Morgan fingerprint density at radius 3 is 2.79 bits per heavy atom. The SMILES string of the molecule is CC1(O)CCN(C(=O)c2cccc3[nH]ccc23)CC1. The Morgan fingerprint density at radius 1 is 1.32 bits per heavy atom. The molecular weight excluding hydrogens is 240 g/mol. The topological polar surface area (TPSA) is 56.3 Å². The van der Waals surface area contributed by atoms with Crippen molar-refractivity contribution in [2.75, 3.05) is 13.1 Å². The van der Waals surface area contributed by atoms with Crippen molar-refractivity contribution in [3.63, 3.8) is 0 Å². The molecule has 1 aliphatic rings. The first-order chi connectivity index (χ1) is 9.07. The molecule has 1 aliphatic heterocycles. The molecule has 0 unspecified atom stereocenters. The van der Waals surface area contributed by atoms with E-state index in [-0.39, 0.29) is 5.91 Å². The van der Waals surface area contributed by atoms with Crippen molar-refractivity contribution < 1.29 is 9.90 Å². The zero-order valence-corrected chi connectivity index (χ0v) is 11.0. The van der Waals surface area contributed by atoms with Crippen LogP contribution in [0.4, 0.5) is 0 Å². The number of benzene rings is 1. The van der Waals surface area contributed by atoms with Gasteiger partial charge in [0, 0.05) is 35.8 Å². The molecule has 0 spiro atoms. The van der Waals surface area contributed by atoms with Crippen LogP contribution in [-0.2, 0) is 0 Å². The molecule has 0 atom stereocenters. The zero-order valence-electron chi connectivity index (χ0n) is 11.0. The van der Waals surface area contributed by atoms with E-state index in [0.717, 1.165) is 16.5 Å². The Kier molecular flexibility index (Phi) is 2.82. The second-order valence-corrected chi connectivity index (χ2v) is 5.53. The summed E-state index contributed by atoms with van der Waals surface area (Å²) in [5, 5.41) is 10.9. The fraction of sp³-hybridized carbons (Fsp3) is 0.400. The number of hydrogen-bond acceptors (Lipinski definition) is 2. The van der Waals surface area contributed by atoms with Crippen LogP contribution in [0.5, 0.6) is 0 Å². The average Bonchev–Trinajstić information content (AvgIpc) is 2.86. The van der Waals surface area contributed by atoms with Gasteiger partial charge in [-0.3, -0.25) is 4.79 Å². The fourth-order valence-corrected chi connectivity index (χ4v) is 2.63. The number of likely N-dealkylation sites (tertiary alicyclic amines) is 1. The van der Waals surface area contributed by atoms with E-state index in [0.29, 0.717) is 25.9 Å². The minimum Gasteiger partial charge on any atom is -0.390 e. The van der Waals surface area contributed by atoms with Gasteiger partial charge in [0.15, 0.2) is 0 Å². The highest BCUT2D eigenvalue weighted by molar-refractivity contribution is 6.06. The molecule has 3 rings (SSSR count). The number of H-pyrrole nitrogens is 1. The lowest BCUT2D eigenvalue weighted by Gasteiger charge is -2.35. The van der Waals surface area contributed by atoms with Gasteiger partial charge < -0.3 is 15.0 Å². The summed E-state index contributed by atoms with van der Waals surface area (Å²) in [5.74, 6) is 0.0562. The average molecular weight is 258 g/mol. The molecule has 0 aliphatic carbocycles. The summed E-state index contributed by atoms with van der Waals surface area (Å²) in [4.78, 5) is 17.5. The Balaban J connectivity index is 1.87. The number of carbonyl (C=O) groups excluding carboxylic acids is 1. The molecule has 1 amide bonds. The lowest BCUT2D eigenvalue weighted by Crippen LogP contribution is -2.45. The minimum atomic E-state index is -0.628. The van der Waals surface area contributed by atoms with E-state index in [9.17, 15) is 9.90 Å². The summed E-state index contributed by atoms with van der Waals surface area (Å²) in [6, 6.07) is 7.66. The van der Waals surface area contributed by atoms with Gasteiger partial charge in [0.1, 0.15) is 0 Å². The van der Waals surface area contributed by atoms with Crippen LogP contribution in [0.3, 0.4) is 0 Å². The van der Waals surface area contributed by atoms with Gasteiger partial charge in [-0.25, -0.2) is 0 Å². The summed E-state index contributed by atoms with van der Waals surface area (Å²) >= 11 is 0. The van der Waals surface area contributed by atoms with Gasteiger partial charge in [0.05, 0.1) is 5.60 Å². The first-order valence-electron chi connectivity index (χ1n) is 6.65. The van der Waals surface area contributed by atoms with Gasteiger partial charge in [-0.05, 0) is 38.0 Å². The van der Waals surface area contributed by atoms with Crippen LogP contribution >= 0.6 is 0 Å². The number of aromatic nitrogens is 1. The molecule has 2 aromatic rings. The Morgan fingerprint density at radius 2 is 2.05 bits per heavy atom. The summed E-state index contributed by atoms with van der Waals surface area (Å²) in [5.41, 5.74) is 1.09. The van der Waals surface area contributed by atoms with E-state index in [2.05, 4.69) is 4.98 Å². The second-order valence-electron chi connectivity index (χ2n) is 5.53. The van der Waals surface area contributed by atoms with Crippen molar-refractivity contribution in [1.82, 2.24) is 9.88 Å². The smallest absolute Gasteiger partial charge is 0.254 e. The van der Waals surface area contributed by atoms with Crippen molar-refractivity contribution >= 4 is 16.8 Å². The number of piperidine rings is 1. The highest BCUT2D eigenvalue weighted by Gasteiger charge is 2.30. The number of fused-ring (bicyclic) bond motifs is 1. The normalized spacial score (nSPS) is 18.7. The molecule has 1 saturated heterocycles. The van der Waals surface area contributed by atoms with Gasteiger partial charge in [-0.2, -0.15) is 0 Å². The maximum atomic E-state index is 12.6. The number of aromatic amines is 1. The van der Waals surface area contributed by atoms with Crippen LogP contribution in [-0.4, -0.2) is 39.6 Å². The third-order valence-electron chi connectivity index (χ3n) is 3.95. The third kappa shape index (κ3) is 2.24. The second kappa shape index (κ2) is 4.38. The number of rotatable bonds is 1. The van der Waals surface area contributed by atoms with Crippen molar-refractivity contribution in [2.45, 2.75) is 25.4 Å². The van der Waals surface area contributed by atoms with E-state index in [4.69, 9.17) is 0 Å². The molecule has 1 aromatic carbocycles. The van der Waals surface area contributed by atoms with Crippen LogP contribution in [0.25, 0.3) is 10.9 Å². The van der Waals surface area contributed by atoms with Crippen molar-refractivity contribution in [3.8, 4) is 0 Å². The Hall–Kier alpha value is -1.81. The van der Waals surface area contributed by atoms with Crippen LogP contribution in [0.1, 0.15) is 30.1 Å². The van der Waals surface area contributed by atoms with E-state index >= 15 is 0 Å². The maximum absolute atomic E-state index is 12.6. The van der Waals surface area contributed by atoms with Crippen LogP contribution in [0, 0.1) is 0 Å². The van der Waals surface area contributed by atoms with E-state index in [1.807, 2.05) is 42.3 Å². The first kappa shape index (κ1) is 12.2. The number of nitrogens with zero attached hydrogens (tertiary/aromatic N) is 1. The van der Waals surface area contributed by atoms with Gasteiger partial charge >= 0.3 is 0 Å². The van der Waals surface area contributed by atoms with Crippen molar-refractivity contribution in [2.24, 2.45) is 0 Å². The number of aliphatic hydroxyl groups is 1. The number of amides is 1. The van der Waals surface area contributed by atoms with Gasteiger partial charge in [-0.15, -0.1) is 0 Å². The maximum Gasteiger partial charge on any atom is 0.254 e. The number of carbonyl (C=O) groups is 1. The monoisotopic (exact) mass is 258 g/mol. The standard InChI is InChI=1S/C15H18N2O2/c1-15(19)6-9-17(10-7-15)14(18)12-3-2-4-13-11(12)5-8-16-13/h2-5,8,16,19H,6-7,9-10H2,1H3. The molecule has 1 aromatic heterocycles. The fourth-order valence-electron chi connectivity index (χ4n) is 2.63. The highest BCUT2D eigenvalue weighted by atomic mass is 16.3. The number of nitrogens with one attached hydrogen (secondary N) is 1. The molecule has 0 bridgehead atoms. The van der Waals surface area contributed by atoms with Gasteiger partial charge in [0.2, 0.25) is 0 Å². The Bertz CT molecular complexity index is 605. The molecule has 0 saturated carbocycles. The van der Waals surface area contributed by atoms with Crippen molar-refractivity contribution in [3.05, 3.63) is 36.0 Å². The summed E-state index contributed by atoms with van der Waals surface area (Å²) in [6.07, 6.45) is 3.13. The van der Waals surface area contributed by atoms with Crippen LogP contribution in [0.2, 0.25) is 0 Å².